The molecule has 1 aliphatic rings. The molecule has 0 atom stereocenters. The first-order valence-corrected chi connectivity index (χ1v) is 10.0. The highest BCUT2D eigenvalue weighted by Crippen LogP contribution is 2.11. The van der Waals surface area contributed by atoms with Gasteiger partial charge in [0, 0.05) is 52.5 Å². The maximum absolute atomic E-state index is 11.9. The Kier molecular flexibility index (Phi) is 12.1. The van der Waals surface area contributed by atoms with Gasteiger partial charge in [0.25, 0.3) is 0 Å². The van der Waals surface area contributed by atoms with E-state index in [-0.39, 0.29) is 48.6 Å². The molecule has 0 aromatic carbocycles. The third-order valence-corrected chi connectivity index (χ3v) is 4.56. The summed E-state index contributed by atoms with van der Waals surface area (Å²) in [4.78, 5) is 31.4. The van der Waals surface area contributed by atoms with Crippen LogP contribution in [0.25, 0.3) is 0 Å². The zero-order chi connectivity index (χ0) is 21.1. The van der Waals surface area contributed by atoms with Gasteiger partial charge < -0.3 is 25.2 Å². The normalized spacial score (nSPS) is 14.6. The number of aryl methyl sites for hydroxylation is 1. The number of nitrogens with one attached hydrogen (secondary N) is 2. The summed E-state index contributed by atoms with van der Waals surface area (Å²) in [6, 6.07) is 0.178. The van der Waals surface area contributed by atoms with E-state index in [4.69, 9.17) is 4.74 Å². The number of likely N-dealkylation sites (tertiary alicyclic amines) is 1. The Hall–Kier alpha value is -2.12. The number of hydrogen-bond donors (Lipinski definition) is 2. The lowest BCUT2D eigenvalue weighted by molar-refractivity contribution is -0.127. The molecule has 0 unspecified atom stereocenters. The molecule has 2 heterocycles. The fourth-order valence-corrected chi connectivity index (χ4v) is 2.86. The number of aromatic nitrogens is 3. The van der Waals surface area contributed by atoms with Crippen molar-refractivity contribution in [2.75, 3.05) is 46.9 Å². The summed E-state index contributed by atoms with van der Waals surface area (Å²) in [5, 5.41) is 14.4. The molecule has 1 aromatic rings. The minimum absolute atomic E-state index is 0. The number of hydrogen-bond acceptors (Lipinski definition) is 6. The van der Waals surface area contributed by atoms with E-state index in [1.165, 1.54) is 4.90 Å². The van der Waals surface area contributed by atoms with Crippen molar-refractivity contribution in [3.63, 3.8) is 0 Å². The molecule has 1 aromatic heterocycles. The van der Waals surface area contributed by atoms with Crippen LogP contribution in [0, 0.1) is 0 Å². The average Bonchev–Trinajstić information content (AvgIpc) is 3.23. The fraction of sp³-hybridized carbons (Fsp3) is 0.722. The zero-order valence-electron chi connectivity index (χ0n) is 17.9. The number of guanidine groups is 1. The van der Waals surface area contributed by atoms with Gasteiger partial charge in [-0.15, -0.1) is 29.1 Å². The monoisotopic (exact) mass is 536 g/mol. The number of amides is 2. The molecule has 2 rings (SSSR count). The smallest absolute Gasteiger partial charge is 0.409 e. The molecule has 2 amide bonds. The molecule has 1 saturated heterocycles. The van der Waals surface area contributed by atoms with Gasteiger partial charge in [-0.1, -0.05) is 5.21 Å². The van der Waals surface area contributed by atoms with E-state index in [2.05, 4.69) is 25.9 Å². The summed E-state index contributed by atoms with van der Waals surface area (Å²) in [6.45, 7) is 4.95. The second-order valence-corrected chi connectivity index (χ2v) is 7.00. The van der Waals surface area contributed by atoms with E-state index in [0.717, 1.165) is 25.8 Å². The molecule has 170 valence electrons. The van der Waals surface area contributed by atoms with Crippen LogP contribution in [0.3, 0.4) is 0 Å². The van der Waals surface area contributed by atoms with Crippen molar-refractivity contribution in [1.82, 2.24) is 35.4 Å². The molecule has 0 spiro atoms. The van der Waals surface area contributed by atoms with Crippen LogP contribution in [0.2, 0.25) is 0 Å². The van der Waals surface area contributed by atoms with Gasteiger partial charge in [0.1, 0.15) is 6.54 Å². The summed E-state index contributed by atoms with van der Waals surface area (Å²) >= 11 is 0. The highest BCUT2D eigenvalue weighted by molar-refractivity contribution is 14.0. The molecule has 1 aliphatic heterocycles. The second-order valence-electron chi connectivity index (χ2n) is 7.00. The first-order valence-electron chi connectivity index (χ1n) is 10.0. The zero-order valence-corrected chi connectivity index (χ0v) is 20.2. The Labute approximate surface area is 194 Å². The van der Waals surface area contributed by atoms with E-state index in [1.54, 1.807) is 36.8 Å². The Balaban J connectivity index is 0.00000450. The molecule has 0 aliphatic carbocycles. The number of piperidine rings is 1. The van der Waals surface area contributed by atoms with E-state index >= 15 is 0 Å². The first kappa shape index (κ1) is 25.9. The van der Waals surface area contributed by atoms with Crippen molar-refractivity contribution in [3.8, 4) is 0 Å². The van der Waals surface area contributed by atoms with Crippen molar-refractivity contribution in [1.29, 1.82) is 0 Å². The largest absolute Gasteiger partial charge is 0.450 e. The lowest BCUT2D eigenvalue weighted by atomic mass is 10.1. The van der Waals surface area contributed by atoms with E-state index in [1.807, 2.05) is 6.20 Å². The molecular weight excluding hydrogens is 503 g/mol. The molecule has 0 bridgehead atoms. The number of carbonyl (C=O) groups excluding carboxylic acids is 2. The van der Waals surface area contributed by atoms with Crippen LogP contribution in [-0.2, 0) is 16.1 Å². The fourth-order valence-electron chi connectivity index (χ4n) is 2.86. The van der Waals surface area contributed by atoms with Crippen LogP contribution >= 0.6 is 24.0 Å². The van der Waals surface area contributed by atoms with Crippen molar-refractivity contribution in [2.24, 2.45) is 4.99 Å². The number of rotatable bonds is 8. The summed E-state index contributed by atoms with van der Waals surface area (Å²) in [6.07, 6.45) is 5.63. The predicted molar refractivity (Wildman–Crippen MR) is 124 cm³/mol. The molecule has 0 radical (unpaired) electrons. The molecule has 0 saturated carbocycles. The minimum atomic E-state index is -0.261. The molecule has 1 fully saturated rings. The quantitative estimate of drug-likeness (QED) is 0.216. The number of likely N-dealkylation sites (N-methyl/N-ethyl adjacent to an activating group) is 1. The number of carbonyl (C=O) groups is 2. The van der Waals surface area contributed by atoms with Gasteiger partial charge in [0.05, 0.1) is 12.8 Å². The van der Waals surface area contributed by atoms with Crippen LogP contribution < -0.4 is 10.6 Å². The van der Waals surface area contributed by atoms with Crippen LogP contribution in [0.1, 0.15) is 26.2 Å². The summed E-state index contributed by atoms with van der Waals surface area (Å²) in [7, 11) is 3.42. The Morgan fingerprint density at radius 2 is 2.03 bits per heavy atom. The average molecular weight is 536 g/mol. The highest BCUT2D eigenvalue weighted by atomic mass is 127. The maximum atomic E-state index is 11.9. The molecule has 11 nitrogen and oxygen atoms in total. The third-order valence-electron chi connectivity index (χ3n) is 4.56. The van der Waals surface area contributed by atoms with Crippen molar-refractivity contribution >= 4 is 41.9 Å². The second kappa shape index (κ2) is 14.0. The molecule has 2 N–H and O–H groups in total. The van der Waals surface area contributed by atoms with Gasteiger partial charge in [-0.25, -0.2) is 9.79 Å². The first-order chi connectivity index (χ1) is 14.0. The topological polar surface area (TPSA) is 117 Å². The predicted octanol–water partition coefficient (Wildman–Crippen LogP) is 0.531. The van der Waals surface area contributed by atoms with E-state index in [9.17, 15) is 9.59 Å². The third kappa shape index (κ3) is 9.13. The van der Waals surface area contributed by atoms with Crippen molar-refractivity contribution < 1.29 is 14.3 Å². The maximum Gasteiger partial charge on any atom is 0.409 e. The van der Waals surface area contributed by atoms with E-state index in [0.29, 0.717) is 32.2 Å². The Morgan fingerprint density at radius 1 is 1.30 bits per heavy atom. The van der Waals surface area contributed by atoms with Crippen molar-refractivity contribution in [3.05, 3.63) is 12.4 Å². The minimum Gasteiger partial charge on any atom is -0.450 e. The number of ether oxygens (including phenoxy) is 1. The van der Waals surface area contributed by atoms with Crippen LogP contribution in [0.15, 0.2) is 17.4 Å². The SMILES string of the molecule is CCOC(=O)N1CCC(NC(=NCC(=O)N(C)C)NCCCn2ccnn2)CC1.I. The Morgan fingerprint density at radius 3 is 2.63 bits per heavy atom. The number of halogens is 1. The standard InChI is InChI=1S/C18H32N8O3.HI/c1-4-29-18(28)25-11-6-15(7-12-25)22-17(20-14-16(27)24(2)3)19-8-5-10-26-13-9-21-23-26;/h9,13,15H,4-8,10-12,14H2,1-3H3,(H2,19,20,22);1H. The van der Waals surface area contributed by atoms with Gasteiger partial charge in [0.2, 0.25) is 5.91 Å². The van der Waals surface area contributed by atoms with Crippen LogP contribution in [-0.4, -0.2) is 95.7 Å². The van der Waals surface area contributed by atoms with Gasteiger partial charge in [0.15, 0.2) is 5.96 Å². The van der Waals surface area contributed by atoms with Crippen LogP contribution in [0.5, 0.6) is 0 Å². The number of aliphatic imine (C=N–C) groups is 1. The van der Waals surface area contributed by atoms with Gasteiger partial charge in [-0.05, 0) is 26.2 Å². The summed E-state index contributed by atoms with van der Waals surface area (Å²) in [5.41, 5.74) is 0. The van der Waals surface area contributed by atoms with Gasteiger partial charge >= 0.3 is 6.09 Å². The highest BCUT2D eigenvalue weighted by Gasteiger charge is 2.24. The van der Waals surface area contributed by atoms with Gasteiger partial charge in [-0.2, -0.15) is 0 Å². The van der Waals surface area contributed by atoms with Gasteiger partial charge in [-0.3, -0.25) is 9.48 Å². The molecule has 12 heteroatoms. The van der Waals surface area contributed by atoms with Crippen LogP contribution in [0.4, 0.5) is 4.79 Å². The molecular formula is C18H33IN8O3. The Bertz CT molecular complexity index is 660. The lowest BCUT2D eigenvalue weighted by Crippen LogP contribution is -2.50. The van der Waals surface area contributed by atoms with Crippen molar-refractivity contribution in [2.45, 2.75) is 38.8 Å². The van der Waals surface area contributed by atoms with E-state index < -0.39 is 0 Å². The summed E-state index contributed by atoms with van der Waals surface area (Å²) in [5.74, 6) is 0.541. The lowest BCUT2D eigenvalue weighted by Gasteiger charge is -2.32. The summed E-state index contributed by atoms with van der Waals surface area (Å²) < 4.78 is 6.83. The molecule has 30 heavy (non-hydrogen) atoms. The number of nitrogens with zero attached hydrogens (tertiary/aromatic N) is 6.